The highest BCUT2D eigenvalue weighted by Gasteiger charge is 2.32. The maximum atomic E-state index is 11.8. The summed E-state index contributed by atoms with van der Waals surface area (Å²) in [5.74, 6) is 1.16. The van der Waals surface area contributed by atoms with Crippen LogP contribution in [-0.4, -0.2) is 48.4 Å². The predicted octanol–water partition coefficient (Wildman–Crippen LogP) is 1.83. The molecule has 0 spiro atoms. The normalized spacial score (nSPS) is 17.9. The summed E-state index contributed by atoms with van der Waals surface area (Å²) < 4.78 is 0. The summed E-state index contributed by atoms with van der Waals surface area (Å²) in [6.45, 7) is 11.7. The molecule has 3 heteroatoms. The van der Waals surface area contributed by atoms with Crippen LogP contribution in [0.1, 0.15) is 34.1 Å². The SMILES string of the molecule is CC(C)CCN1CC(N(C)C(=O)C(C)C)C1. The number of hydrogen-bond acceptors (Lipinski definition) is 2. The van der Waals surface area contributed by atoms with E-state index in [2.05, 4.69) is 18.7 Å². The van der Waals surface area contributed by atoms with Gasteiger partial charge in [0.05, 0.1) is 6.04 Å². The monoisotopic (exact) mass is 226 g/mol. The van der Waals surface area contributed by atoms with Crippen LogP contribution in [0.5, 0.6) is 0 Å². The molecule has 0 bridgehead atoms. The number of carbonyl (C=O) groups excluding carboxylic acids is 1. The molecule has 0 atom stereocenters. The fourth-order valence-electron chi connectivity index (χ4n) is 2.00. The maximum absolute atomic E-state index is 11.8. The molecule has 1 rings (SSSR count). The topological polar surface area (TPSA) is 23.6 Å². The number of nitrogens with zero attached hydrogens (tertiary/aromatic N) is 2. The van der Waals surface area contributed by atoms with Gasteiger partial charge >= 0.3 is 0 Å². The van der Waals surface area contributed by atoms with Gasteiger partial charge in [-0.25, -0.2) is 0 Å². The number of carbonyl (C=O) groups is 1. The number of rotatable bonds is 5. The van der Waals surface area contributed by atoms with Gasteiger partial charge in [-0.05, 0) is 18.9 Å². The van der Waals surface area contributed by atoms with Crippen LogP contribution in [-0.2, 0) is 4.79 Å². The molecule has 0 N–H and O–H groups in total. The highest BCUT2D eigenvalue weighted by atomic mass is 16.2. The Labute approximate surface area is 99.8 Å². The second kappa shape index (κ2) is 5.67. The van der Waals surface area contributed by atoms with E-state index in [0.29, 0.717) is 6.04 Å². The molecule has 16 heavy (non-hydrogen) atoms. The third kappa shape index (κ3) is 3.48. The molecule has 1 saturated heterocycles. The van der Waals surface area contributed by atoms with E-state index in [0.717, 1.165) is 19.0 Å². The molecule has 0 radical (unpaired) electrons. The molecule has 3 nitrogen and oxygen atoms in total. The number of amides is 1. The summed E-state index contributed by atoms with van der Waals surface area (Å²) in [5, 5.41) is 0. The van der Waals surface area contributed by atoms with Gasteiger partial charge in [0.2, 0.25) is 5.91 Å². The van der Waals surface area contributed by atoms with Gasteiger partial charge in [0.25, 0.3) is 0 Å². The zero-order chi connectivity index (χ0) is 12.3. The quantitative estimate of drug-likeness (QED) is 0.714. The average molecular weight is 226 g/mol. The molecule has 1 aliphatic heterocycles. The lowest BCUT2D eigenvalue weighted by atomic mass is 10.0. The minimum absolute atomic E-state index is 0.120. The summed E-state index contributed by atoms with van der Waals surface area (Å²) in [6.07, 6.45) is 1.26. The van der Waals surface area contributed by atoms with E-state index in [1.165, 1.54) is 13.0 Å². The van der Waals surface area contributed by atoms with Crippen molar-refractivity contribution in [3.05, 3.63) is 0 Å². The van der Waals surface area contributed by atoms with Crippen molar-refractivity contribution in [3.63, 3.8) is 0 Å². The Morgan fingerprint density at radius 1 is 1.31 bits per heavy atom. The van der Waals surface area contributed by atoms with Crippen molar-refractivity contribution in [2.45, 2.75) is 40.2 Å². The van der Waals surface area contributed by atoms with Crippen molar-refractivity contribution in [2.24, 2.45) is 11.8 Å². The summed E-state index contributed by atoms with van der Waals surface area (Å²) in [4.78, 5) is 16.1. The first kappa shape index (κ1) is 13.5. The zero-order valence-corrected chi connectivity index (χ0v) is 11.4. The number of likely N-dealkylation sites (N-methyl/N-ethyl adjacent to an activating group) is 1. The largest absolute Gasteiger partial charge is 0.340 e. The lowest BCUT2D eigenvalue weighted by molar-refractivity contribution is -0.138. The predicted molar refractivity (Wildman–Crippen MR) is 67.3 cm³/mol. The molecular formula is C13H26N2O. The van der Waals surface area contributed by atoms with E-state index >= 15 is 0 Å². The number of hydrogen-bond donors (Lipinski definition) is 0. The molecule has 1 aliphatic rings. The van der Waals surface area contributed by atoms with Crippen LogP contribution in [0.15, 0.2) is 0 Å². The first-order chi connectivity index (χ1) is 7.41. The van der Waals surface area contributed by atoms with Crippen LogP contribution >= 0.6 is 0 Å². The van der Waals surface area contributed by atoms with Crippen molar-refractivity contribution in [1.29, 1.82) is 0 Å². The highest BCUT2D eigenvalue weighted by Crippen LogP contribution is 2.17. The average Bonchev–Trinajstić information content (AvgIpc) is 2.13. The zero-order valence-electron chi connectivity index (χ0n) is 11.4. The van der Waals surface area contributed by atoms with Crippen molar-refractivity contribution in [2.75, 3.05) is 26.7 Å². The Balaban J connectivity index is 2.22. The fraction of sp³-hybridized carbons (Fsp3) is 0.923. The molecule has 0 unspecified atom stereocenters. The van der Waals surface area contributed by atoms with E-state index in [-0.39, 0.29) is 11.8 Å². The molecule has 0 saturated carbocycles. The first-order valence-electron chi connectivity index (χ1n) is 6.40. The summed E-state index contributed by atoms with van der Waals surface area (Å²) in [6, 6.07) is 0.446. The molecule has 0 aromatic rings. The van der Waals surface area contributed by atoms with Crippen molar-refractivity contribution in [1.82, 2.24) is 9.80 Å². The standard InChI is InChI=1S/C13H26N2O/c1-10(2)6-7-15-8-12(9-15)14(5)13(16)11(3)4/h10-12H,6-9H2,1-5H3. The smallest absolute Gasteiger partial charge is 0.225 e. The van der Waals surface area contributed by atoms with Gasteiger partial charge in [-0.2, -0.15) is 0 Å². The van der Waals surface area contributed by atoms with Gasteiger partial charge < -0.3 is 4.90 Å². The van der Waals surface area contributed by atoms with Gasteiger partial charge in [-0.3, -0.25) is 9.69 Å². The third-order valence-electron chi connectivity index (χ3n) is 3.35. The van der Waals surface area contributed by atoms with Gasteiger partial charge in [-0.1, -0.05) is 27.7 Å². The van der Waals surface area contributed by atoms with Gasteiger partial charge in [0.15, 0.2) is 0 Å². The van der Waals surface area contributed by atoms with Crippen molar-refractivity contribution < 1.29 is 4.79 Å². The van der Waals surface area contributed by atoms with E-state index in [1.807, 2.05) is 25.8 Å². The maximum Gasteiger partial charge on any atom is 0.225 e. The second-order valence-corrected chi connectivity index (χ2v) is 5.70. The van der Waals surface area contributed by atoms with Gasteiger partial charge in [0.1, 0.15) is 0 Å². The number of likely N-dealkylation sites (tertiary alicyclic amines) is 1. The van der Waals surface area contributed by atoms with Crippen LogP contribution in [0, 0.1) is 11.8 Å². The van der Waals surface area contributed by atoms with Gasteiger partial charge in [0, 0.05) is 26.1 Å². The Kier molecular flexibility index (Phi) is 4.78. The molecule has 1 fully saturated rings. The third-order valence-corrected chi connectivity index (χ3v) is 3.35. The Morgan fingerprint density at radius 3 is 2.31 bits per heavy atom. The minimum atomic E-state index is 0.120. The van der Waals surface area contributed by atoms with Crippen molar-refractivity contribution >= 4 is 5.91 Å². The molecule has 0 aromatic carbocycles. The molecule has 94 valence electrons. The lowest BCUT2D eigenvalue weighted by Crippen LogP contribution is -2.60. The molecule has 1 amide bonds. The van der Waals surface area contributed by atoms with Crippen LogP contribution < -0.4 is 0 Å². The van der Waals surface area contributed by atoms with Crippen LogP contribution in [0.3, 0.4) is 0 Å². The van der Waals surface area contributed by atoms with Gasteiger partial charge in [-0.15, -0.1) is 0 Å². The summed E-state index contributed by atoms with van der Waals surface area (Å²) in [7, 11) is 1.94. The van der Waals surface area contributed by atoms with Crippen molar-refractivity contribution in [3.8, 4) is 0 Å². The molecular weight excluding hydrogens is 200 g/mol. The summed E-state index contributed by atoms with van der Waals surface area (Å²) >= 11 is 0. The minimum Gasteiger partial charge on any atom is -0.340 e. The van der Waals surface area contributed by atoms with E-state index < -0.39 is 0 Å². The molecule has 0 aliphatic carbocycles. The molecule has 0 aromatic heterocycles. The van der Waals surface area contributed by atoms with E-state index in [1.54, 1.807) is 0 Å². The van der Waals surface area contributed by atoms with Crippen LogP contribution in [0.4, 0.5) is 0 Å². The Hall–Kier alpha value is -0.570. The first-order valence-corrected chi connectivity index (χ1v) is 6.40. The molecule has 1 heterocycles. The Bertz CT molecular complexity index is 232. The lowest BCUT2D eigenvalue weighted by Gasteiger charge is -2.44. The van der Waals surface area contributed by atoms with E-state index in [9.17, 15) is 4.79 Å². The van der Waals surface area contributed by atoms with Crippen LogP contribution in [0.2, 0.25) is 0 Å². The second-order valence-electron chi connectivity index (χ2n) is 5.70. The fourth-order valence-corrected chi connectivity index (χ4v) is 2.00. The van der Waals surface area contributed by atoms with Crippen LogP contribution in [0.25, 0.3) is 0 Å². The Morgan fingerprint density at radius 2 is 1.88 bits per heavy atom. The summed E-state index contributed by atoms with van der Waals surface area (Å²) in [5.41, 5.74) is 0. The van der Waals surface area contributed by atoms with E-state index in [4.69, 9.17) is 0 Å². The highest BCUT2D eigenvalue weighted by molar-refractivity contribution is 5.78.